The molecule has 0 aliphatic carbocycles. The highest BCUT2D eigenvalue weighted by Gasteiger charge is 2.16. The van der Waals surface area contributed by atoms with E-state index in [1.165, 1.54) is 0 Å². The Hall–Kier alpha value is -2.89. The van der Waals surface area contributed by atoms with E-state index in [0.29, 0.717) is 18.0 Å². The fourth-order valence-corrected chi connectivity index (χ4v) is 2.75. The fraction of sp³-hybridized carbons (Fsp3) is 0.235. The fourth-order valence-electron chi connectivity index (χ4n) is 2.75. The summed E-state index contributed by atoms with van der Waals surface area (Å²) in [5.74, 6) is 2.94. The van der Waals surface area contributed by atoms with Crippen molar-refractivity contribution in [1.29, 1.82) is 0 Å². The molecule has 0 amide bonds. The number of hydrogen-bond acceptors (Lipinski definition) is 5. The Morgan fingerprint density at radius 1 is 1.04 bits per heavy atom. The van der Waals surface area contributed by atoms with Crippen molar-refractivity contribution in [3.05, 3.63) is 42.1 Å². The Balaban J connectivity index is 1.70. The molecule has 118 valence electrons. The van der Waals surface area contributed by atoms with Crippen LogP contribution in [0.3, 0.4) is 0 Å². The molecule has 0 fully saturated rings. The molecule has 0 unspecified atom stereocenters. The number of nitrogens with zero attached hydrogens (tertiary/aromatic N) is 2. The van der Waals surface area contributed by atoms with Gasteiger partial charge in [0, 0.05) is 11.5 Å². The minimum Gasteiger partial charge on any atom is -0.493 e. The topological polar surface area (TPSA) is 54.7 Å². The van der Waals surface area contributed by atoms with E-state index in [1.807, 2.05) is 41.2 Å². The lowest BCUT2D eigenvalue weighted by atomic mass is 10.2. The highest BCUT2D eigenvalue weighted by Crippen LogP contribution is 2.36. The molecule has 0 spiro atoms. The molecule has 23 heavy (non-hydrogen) atoms. The van der Waals surface area contributed by atoms with Crippen molar-refractivity contribution in [2.45, 2.75) is 6.54 Å². The molecule has 2 aromatic carbocycles. The molecular weight excluding hydrogens is 296 g/mol. The molecule has 4 rings (SSSR count). The van der Waals surface area contributed by atoms with E-state index in [9.17, 15) is 0 Å². The average molecular weight is 312 g/mol. The largest absolute Gasteiger partial charge is 0.493 e. The second kappa shape index (κ2) is 5.39. The summed E-state index contributed by atoms with van der Waals surface area (Å²) in [4.78, 5) is 0. The number of rotatable bonds is 4. The molecule has 1 aliphatic heterocycles. The van der Waals surface area contributed by atoms with Gasteiger partial charge in [-0.25, -0.2) is 0 Å². The number of fused-ring (bicyclic) bond motifs is 2. The SMILES string of the molecule is COc1ccc(Cn2ncc3cc4c(cc32)OCO4)cc1OC. The minimum absolute atomic E-state index is 0.269. The third-order valence-corrected chi connectivity index (χ3v) is 3.92. The molecule has 0 radical (unpaired) electrons. The van der Waals surface area contributed by atoms with E-state index in [-0.39, 0.29) is 6.79 Å². The van der Waals surface area contributed by atoms with Gasteiger partial charge in [0.2, 0.25) is 6.79 Å². The van der Waals surface area contributed by atoms with E-state index in [0.717, 1.165) is 28.0 Å². The van der Waals surface area contributed by atoms with Crippen LogP contribution in [-0.4, -0.2) is 30.8 Å². The number of aromatic nitrogens is 2. The van der Waals surface area contributed by atoms with E-state index >= 15 is 0 Å². The predicted molar refractivity (Wildman–Crippen MR) is 84.5 cm³/mol. The summed E-state index contributed by atoms with van der Waals surface area (Å²) in [6.45, 7) is 0.897. The van der Waals surface area contributed by atoms with E-state index in [1.54, 1.807) is 14.2 Å². The van der Waals surface area contributed by atoms with Crippen molar-refractivity contribution in [3.63, 3.8) is 0 Å². The highest BCUT2D eigenvalue weighted by molar-refractivity contribution is 5.83. The summed E-state index contributed by atoms with van der Waals surface area (Å²) in [5, 5.41) is 5.49. The van der Waals surface area contributed by atoms with Gasteiger partial charge in [-0.3, -0.25) is 4.68 Å². The first kappa shape index (κ1) is 13.8. The van der Waals surface area contributed by atoms with Crippen LogP contribution in [0, 0.1) is 0 Å². The zero-order valence-electron chi connectivity index (χ0n) is 12.9. The van der Waals surface area contributed by atoms with Crippen molar-refractivity contribution in [2.24, 2.45) is 0 Å². The van der Waals surface area contributed by atoms with Gasteiger partial charge in [0.15, 0.2) is 23.0 Å². The Labute approximate surface area is 133 Å². The molecule has 3 aromatic rings. The number of ether oxygens (including phenoxy) is 4. The quantitative estimate of drug-likeness (QED) is 0.741. The minimum atomic E-state index is 0.269. The van der Waals surface area contributed by atoms with Gasteiger partial charge in [-0.2, -0.15) is 5.10 Å². The van der Waals surface area contributed by atoms with Gasteiger partial charge in [0.25, 0.3) is 0 Å². The summed E-state index contributed by atoms with van der Waals surface area (Å²) in [5.41, 5.74) is 2.08. The molecule has 6 heteroatoms. The Morgan fingerprint density at radius 3 is 2.61 bits per heavy atom. The van der Waals surface area contributed by atoms with Crippen molar-refractivity contribution in [3.8, 4) is 23.0 Å². The third-order valence-electron chi connectivity index (χ3n) is 3.92. The highest BCUT2D eigenvalue weighted by atomic mass is 16.7. The maximum atomic E-state index is 5.45. The molecular formula is C17H16N2O4. The maximum absolute atomic E-state index is 5.45. The summed E-state index contributed by atoms with van der Waals surface area (Å²) in [7, 11) is 3.26. The molecule has 0 atom stereocenters. The molecule has 0 saturated carbocycles. The summed E-state index contributed by atoms with van der Waals surface area (Å²) in [6.07, 6.45) is 1.83. The predicted octanol–water partition coefficient (Wildman–Crippen LogP) is 2.83. The molecule has 1 aromatic heterocycles. The van der Waals surface area contributed by atoms with Crippen molar-refractivity contribution in [2.75, 3.05) is 21.0 Å². The molecule has 0 N–H and O–H groups in total. The van der Waals surface area contributed by atoms with E-state index < -0.39 is 0 Å². The van der Waals surface area contributed by atoms with Crippen LogP contribution < -0.4 is 18.9 Å². The van der Waals surface area contributed by atoms with Crippen molar-refractivity contribution >= 4 is 10.9 Å². The zero-order chi connectivity index (χ0) is 15.8. The monoisotopic (exact) mass is 312 g/mol. The second-order valence-electron chi connectivity index (χ2n) is 5.26. The second-order valence-corrected chi connectivity index (χ2v) is 5.26. The molecule has 6 nitrogen and oxygen atoms in total. The van der Waals surface area contributed by atoms with Crippen molar-refractivity contribution < 1.29 is 18.9 Å². The Bertz CT molecular complexity index is 872. The van der Waals surface area contributed by atoms with Gasteiger partial charge in [-0.1, -0.05) is 6.07 Å². The number of hydrogen-bond donors (Lipinski definition) is 0. The van der Waals surface area contributed by atoms with Gasteiger partial charge in [-0.15, -0.1) is 0 Å². The third kappa shape index (κ3) is 2.32. The van der Waals surface area contributed by atoms with Gasteiger partial charge in [0.05, 0.1) is 32.5 Å². The summed E-state index contributed by atoms with van der Waals surface area (Å²) < 4.78 is 23.4. The van der Waals surface area contributed by atoms with E-state index in [4.69, 9.17) is 18.9 Å². The van der Waals surface area contributed by atoms with Gasteiger partial charge in [-0.05, 0) is 23.8 Å². The Morgan fingerprint density at radius 2 is 1.83 bits per heavy atom. The van der Waals surface area contributed by atoms with Crippen LogP contribution in [-0.2, 0) is 6.54 Å². The first-order chi connectivity index (χ1) is 11.3. The number of benzene rings is 2. The first-order valence-corrected chi connectivity index (χ1v) is 7.24. The lowest BCUT2D eigenvalue weighted by molar-refractivity contribution is 0.174. The molecule has 0 saturated heterocycles. The molecule has 0 bridgehead atoms. The maximum Gasteiger partial charge on any atom is 0.231 e. The standard InChI is InChI=1S/C17H16N2O4/c1-20-14-4-3-11(5-15(14)21-2)9-19-13-7-17-16(22-10-23-17)6-12(13)8-18-19/h3-8H,9-10H2,1-2H3. The van der Waals surface area contributed by atoms with Crippen LogP contribution in [0.15, 0.2) is 36.5 Å². The van der Waals surface area contributed by atoms with Crippen molar-refractivity contribution in [1.82, 2.24) is 9.78 Å². The van der Waals surface area contributed by atoms with E-state index in [2.05, 4.69) is 5.10 Å². The normalized spacial score (nSPS) is 12.6. The van der Waals surface area contributed by atoms with Crippen LogP contribution in [0.2, 0.25) is 0 Å². The molecule has 1 aliphatic rings. The van der Waals surface area contributed by atoms with Crippen LogP contribution in [0.1, 0.15) is 5.56 Å². The lowest BCUT2D eigenvalue weighted by Gasteiger charge is -2.10. The van der Waals surface area contributed by atoms with Gasteiger partial charge < -0.3 is 18.9 Å². The van der Waals surface area contributed by atoms with Gasteiger partial charge >= 0.3 is 0 Å². The summed E-state index contributed by atoms with van der Waals surface area (Å²) >= 11 is 0. The van der Waals surface area contributed by atoms with Crippen LogP contribution >= 0.6 is 0 Å². The summed E-state index contributed by atoms with van der Waals surface area (Å²) in [6, 6.07) is 9.77. The average Bonchev–Trinajstić information content (AvgIpc) is 3.19. The van der Waals surface area contributed by atoms with Crippen LogP contribution in [0.4, 0.5) is 0 Å². The smallest absolute Gasteiger partial charge is 0.231 e. The Kier molecular flexibility index (Phi) is 3.22. The lowest BCUT2D eigenvalue weighted by Crippen LogP contribution is -2.02. The van der Waals surface area contributed by atoms with Crippen LogP contribution in [0.25, 0.3) is 10.9 Å². The molecule has 2 heterocycles. The number of methoxy groups -OCH3 is 2. The van der Waals surface area contributed by atoms with Crippen LogP contribution in [0.5, 0.6) is 23.0 Å². The zero-order valence-corrected chi connectivity index (χ0v) is 12.9. The first-order valence-electron chi connectivity index (χ1n) is 7.24. The van der Waals surface area contributed by atoms with Gasteiger partial charge in [0.1, 0.15) is 0 Å².